The topological polar surface area (TPSA) is 4.93 Å². The molecule has 0 N–H and O–H groups in total. The lowest BCUT2D eigenvalue weighted by atomic mass is 9.74. The molecular weight excluding hydrogens is 266 g/mol. The summed E-state index contributed by atoms with van der Waals surface area (Å²) in [4.78, 5) is 0. The molecule has 0 saturated heterocycles. The molecule has 1 unspecified atom stereocenters. The van der Waals surface area contributed by atoms with E-state index in [4.69, 9.17) is 0 Å². The van der Waals surface area contributed by atoms with Crippen molar-refractivity contribution >= 4 is 10.9 Å². The molecule has 1 atom stereocenters. The van der Waals surface area contributed by atoms with Crippen molar-refractivity contribution < 1.29 is 0 Å². The molecule has 1 heteroatoms. The van der Waals surface area contributed by atoms with Crippen LogP contribution in [0, 0.1) is 0 Å². The minimum absolute atomic E-state index is 0.324. The second kappa shape index (κ2) is 7.85. The van der Waals surface area contributed by atoms with Crippen molar-refractivity contribution in [3.63, 3.8) is 0 Å². The van der Waals surface area contributed by atoms with E-state index in [-0.39, 0.29) is 0 Å². The number of fused-ring (bicyclic) bond motifs is 1. The standard InChI is InChI=1S/C21H33N/c1-5-7-9-12-16-21(3,15-8-6-2)19-17-22(4)20-14-11-10-13-18(19)20/h10-11,13-14,17H,5-9,12,15-16H2,1-4H3. The maximum atomic E-state index is 2.50. The Balaban J connectivity index is 2.29. The molecule has 1 aromatic heterocycles. The maximum Gasteiger partial charge on any atom is 0.0480 e. The van der Waals surface area contributed by atoms with Crippen molar-refractivity contribution in [3.8, 4) is 0 Å². The van der Waals surface area contributed by atoms with E-state index in [0.717, 1.165) is 0 Å². The Labute approximate surface area is 136 Å². The summed E-state index contributed by atoms with van der Waals surface area (Å²) < 4.78 is 2.31. The smallest absolute Gasteiger partial charge is 0.0480 e. The van der Waals surface area contributed by atoms with E-state index in [1.807, 2.05) is 0 Å². The highest BCUT2D eigenvalue weighted by Crippen LogP contribution is 2.39. The van der Waals surface area contributed by atoms with Crippen LogP contribution in [0.3, 0.4) is 0 Å². The lowest BCUT2D eigenvalue weighted by Gasteiger charge is -2.30. The number of hydrogen-bond donors (Lipinski definition) is 0. The molecule has 0 bridgehead atoms. The van der Waals surface area contributed by atoms with E-state index < -0.39 is 0 Å². The Morgan fingerprint density at radius 2 is 1.59 bits per heavy atom. The van der Waals surface area contributed by atoms with Gasteiger partial charge in [-0.05, 0) is 29.9 Å². The van der Waals surface area contributed by atoms with Crippen molar-refractivity contribution in [2.24, 2.45) is 7.05 Å². The van der Waals surface area contributed by atoms with Gasteiger partial charge >= 0.3 is 0 Å². The molecule has 22 heavy (non-hydrogen) atoms. The van der Waals surface area contributed by atoms with E-state index >= 15 is 0 Å². The molecular formula is C21H33N. The van der Waals surface area contributed by atoms with Gasteiger partial charge in [-0.15, -0.1) is 0 Å². The molecule has 122 valence electrons. The molecule has 2 aromatic rings. The molecule has 0 aliphatic carbocycles. The zero-order valence-electron chi connectivity index (χ0n) is 15.0. The van der Waals surface area contributed by atoms with Crippen molar-refractivity contribution in [1.29, 1.82) is 0 Å². The second-order valence-electron chi connectivity index (χ2n) is 7.15. The Kier molecular flexibility index (Phi) is 6.11. The number of aryl methyl sites for hydroxylation is 1. The molecule has 0 amide bonds. The molecule has 1 heterocycles. The van der Waals surface area contributed by atoms with Crippen molar-refractivity contribution in [2.45, 2.75) is 77.6 Å². The van der Waals surface area contributed by atoms with Gasteiger partial charge in [0.05, 0.1) is 0 Å². The second-order valence-corrected chi connectivity index (χ2v) is 7.15. The normalized spacial score (nSPS) is 14.4. The van der Waals surface area contributed by atoms with Crippen LogP contribution in [0.1, 0.15) is 77.7 Å². The highest BCUT2D eigenvalue weighted by Gasteiger charge is 2.28. The molecule has 1 aromatic carbocycles. The van der Waals surface area contributed by atoms with Crippen LogP contribution in [0.5, 0.6) is 0 Å². The van der Waals surface area contributed by atoms with Gasteiger partial charge in [0.2, 0.25) is 0 Å². The van der Waals surface area contributed by atoms with Crippen LogP contribution in [0.25, 0.3) is 10.9 Å². The fourth-order valence-electron chi connectivity index (χ4n) is 3.73. The van der Waals surface area contributed by atoms with E-state index in [1.54, 1.807) is 5.56 Å². The molecule has 0 aliphatic heterocycles. The van der Waals surface area contributed by atoms with Gasteiger partial charge in [0.15, 0.2) is 0 Å². The van der Waals surface area contributed by atoms with Gasteiger partial charge in [-0.3, -0.25) is 0 Å². The molecule has 0 fully saturated rings. The molecule has 0 radical (unpaired) electrons. The molecule has 0 spiro atoms. The van der Waals surface area contributed by atoms with Crippen LogP contribution < -0.4 is 0 Å². The first-order valence-corrected chi connectivity index (χ1v) is 9.17. The summed E-state index contributed by atoms with van der Waals surface area (Å²) in [6, 6.07) is 8.89. The summed E-state index contributed by atoms with van der Waals surface area (Å²) in [7, 11) is 2.18. The van der Waals surface area contributed by atoms with E-state index in [1.165, 1.54) is 62.3 Å². The van der Waals surface area contributed by atoms with Gasteiger partial charge in [0.1, 0.15) is 0 Å². The van der Waals surface area contributed by atoms with Crippen molar-refractivity contribution in [2.75, 3.05) is 0 Å². The molecule has 0 saturated carbocycles. The number of aromatic nitrogens is 1. The minimum atomic E-state index is 0.324. The van der Waals surface area contributed by atoms with Crippen LogP contribution in [-0.4, -0.2) is 4.57 Å². The van der Waals surface area contributed by atoms with Gasteiger partial charge in [0, 0.05) is 24.1 Å². The van der Waals surface area contributed by atoms with Gasteiger partial charge < -0.3 is 4.57 Å². The average molecular weight is 300 g/mol. The summed E-state index contributed by atoms with van der Waals surface area (Å²) in [5.41, 5.74) is 3.26. The zero-order chi connectivity index (χ0) is 16.0. The third-order valence-corrected chi connectivity index (χ3v) is 5.21. The SMILES string of the molecule is CCCCCCC(C)(CCCC)c1cn(C)c2ccccc12. The van der Waals surface area contributed by atoms with E-state index in [2.05, 4.69) is 62.8 Å². The predicted molar refractivity (Wildman–Crippen MR) is 98.6 cm³/mol. The van der Waals surface area contributed by atoms with Crippen LogP contribution >= 0.6 is 0 Å². The fourth-order valence-corrected chi connectivity index (χ4v) is 3.73. The summed E-state index contributed by atoms with van der Waals surface area (Å²) in [5, 5.41) is 1.46. The number of hydrogen-bond acceptors (Lipinski definition) is 0. The lowest BCUT2D eigenvalue weighted by Crippen LogP contribution is -2.21. The van der Waals surface area contributed by atoms with Crippen molar-refractivity contribution in [1.82, 2.24) is 4.57 Å². The number of nitrogens with zero attached hydrogens (tertiary/aromatic N) is 1. The molecule has 2 rings (SSSR count). The number of unbranched alkanes of at least 4 members (excludes halogenated alkanes) is 4. The van der Waals surface area contributed by atoms with E-state index in [0.29, 0.717) is 5.41 Å². The summed E-state index contributed by atoms with van der Waals surface area (Å²) in [6.07, 6.45) is 13.1. The Morgan fingerprint density at radius 1 is 0.909 bits per heavy atom. The maximum absolute atomic E-state index is 2.50. The summed E-state index contributed by atoms with van der Waals surface area (Å²) >= 11 is 0. The van der Waals surface area contributed by atoms with Crippen LogP contribution in [0.15, 0.2) is 30.5 Å². The quantitative estimate of drug-likeness (QED) is 0.460. The van der Waals surface area contributed by atoms with Crippen LogP contribution in [0.4, 0.5) is 0 Å². The number of para-hydroxylation sites is 1. The summed E-state index contributed by atoms with van der Waals surface area (Å²) in [5.74, 6) is 0. The molecule has 0 aliphatic rings. The van der Waals surface area contributed by atoms with Gasteiger partial charge in [-0.2, -0.15) is 0 Å². The Bertz CT molecular complexity index is 581. The largest absolute Gasteiger partial charge is 0.350 e. The highest BCUT2D eigenvalue weighted by atomic mass is 14.9. The van der Waals surface area contributed by atoms with Crippen LogP contribution in [-0.2, 0) is 12.5 Å². The first-order valence-electron chi connectivity index (χ1n) is 9.17. The Hall–Kier alpha value is -1.24. The van der Waals surface area contributed by atoms with Gasteiger partial charge in [0.25, 0.3) is 0 Å². The zero-order valence-corrected chi connectivity index (χ0v) is 15.0. The van der Waals surface area contributed by atoms with Crippen LogP contribution in [0.2, 0.25) is 0 Å². The fraction of sp³-hybridized carbons (Fsp3) is 0.619. The van der Waals surface area contributed by atoms with E-state index in [9.17, 15) is 0 Å². The molecule has 1 nitrogen and oxygen atoms in total. The number of benzene rings is 1. The number of rotatable bonds is 9. The van der Waals surface area contributed by atoms with Gasteiger partial charge in [-0.1, -0.05) is 77.5 Å². The first kappa shape index (κ1) is 17.1. The third-order valence-electron chi connectivity index (χ3n) is 5.21. The predicted octanol–water partition coefficient (Wildman–Crippen LogP) is 6.60. The third kappa shape index (κ3) is 3.74. The first-order chi connectivity index (χ1) is 10.6. The van der Waals surface area contributed by atoms with Gasteiger partial charge in [-0.25, -0.2) is 0 Å². The lowest BCUT2D eigenvalue weighted by molar-refractivity contribution is 0.371. The monoisotopic (exact) mass is 299 g/mol. The summed E-state index contributed by atoms with van der Waals surface area (Å²) in [6.45, 7) is 7.10. The minimum Gasteiger partial charge on any atom is -0.350 e. The average Bonchev–Trinajstić information content (AvgIpc) is 2.88. The highest BCUT2D eigenvalue weighted by molar-refractivity contribution is 5.85. The van der Waals surface area contributed by atoms with Crippen molar-refractivity contribution in [3.05, 3.63) is 36.0 Å². The Morgan fingerprint density at radius 3 is 2.32 bits per heavy atom.